The maximum absolute atomic E-state index is 11.8. The minimum absolute atomic E-state index is 0.0198. The first-order valence-electron chi connectivity index (χ1n) is 7.77. The number of nitrogens with two attached hydrogens (primary N) is 1. The van der Waals surface area contributed by atoms with Crippen molar-refractivity contribution in [2.75, 3.05) is 25.9 Å². The molecule has 0 unspecified atom stereocenters. The highest BCUT2D eigenvalue weighted by Crippen LogP contribution is 2.22. The van der Waals surface area contributed by atoms with Gasteiger partial charge in [-0.1, -0.05) is 0 Å². The smallest absolute Gasteiger partial charge is 0.195 e. The van der Waals surface area contributed by atoms with Crippen LogP contribution in [-0.2, 0) is 6.54 Å². The Morgan fingerprint density at radius 2 is 2.16 bits per heavy atom. The lowest BCUT2D eigenvalue weighted by Gasteiger charge is -2.05. The molecule has 0 saturated heterocycles. The van der Waals surface area contributed by atoms with Crippen LogP contribution in [0.25, 0.3) is 11.3 Å². The quantitative estimate of drug-likeness (QED) is 0.473. The van der Waals surface area contributed by atoms with Gasteiger partial charge in [0.2, 0.25) is 0 Å². The van der Waals surface area contributed by atoms with Crippen LogP contribution in [0.1, 0.15) is 10.5 Å². The molecule has 0 aliphatic heterocycles. The van der Waals surface area contributed by atoms with Crippen molar-refractivity contribution < 1.29 is 9.53 Å². The lowest BCUT2D eigenvalue weighted by molar-refractivity contribution is 0.0987. The Labute approximate surface area is 149 Å². The summed E-state index contributed by atoms with van der Waals surface area (Å²) in [5, 5.41) is 9.36. The SMILES string of the molecule is COc1ccc(-c2cc(N)n(CCNCC(=O)c3cscn3)n2)cc1. The molecular weight excluding hydrogens is 338 g/mol. The predicted molar refractivity (Wildman–Crippen MR) is 97.9 cm³/mol. The van der Waals surface area contributed by atoms with Gasteiger partial charge >= 0.3 is 0 Å². The third-order valence-electron chi connectivity index (χ3n) is 3.70. The predicted octanol–water partition coefficient (Wildman–Crippen LogP) is 2.07. The molecule has 3 N–H and O–H groups in total. The molecular formula is C17H19N5O2S. The van der Waals surface area contributed by atoms with Crippen LogP contribution in [0.3, 0.4) is 0 Å². The first kappa shape index (κ1) is 17.1. The fourth-order valence-electron chi connectivity index (χ4n) is 2.34. The van der Waals surface area contributed by atoms with Gasteiger partial charge in [0.15, 0.2) is 5.78 Å². The van der Waals surface area contributed by atoms with Gasteiger partial charge in [-0.05, 0) is 24.3 Å². The summed E-state index contributed by atoms with van der Waals surface area (Å²) in [4.78, 5) is 15.8. The molecule has 3 rings (SSSR count). The summed E-state index contributed by atoms with van der Waals surface area (Å²) >= 11 is 1.41. The van der Waals surface area contributed by atoms with E-state index in [0.29, 0.717) is 24.6 Å². The number of carbonyl (C=O) groups is 1. The van der Waals surface area contributed by atoms with Crippen LogP contribution in [0.15, 0.2) is 41.2 Å². The number of anilines is 1. The average Bonchev–Trinajstić information content (AvgIpc) is 3.29. The second-order valence-corrected chi connectivity index (χ2v) is 6.10. The Hall–Kier alpha value is -2.71. The number of nitrogen functional groups attached to an aromatic ring is 1. The first-order chi connectivity index (χ1) is 12.2. The van der Waals surface area contributed by atoms with E-state index in [9.17, 15) is 4.79 Å². The van der Waals surface area contributed by atoms with Gasteiger partial charge in [-0.25, -0.2) is 9.67 Å². The zero-order chi connectivity index (χ0) is 17.6. The molecule has 2 heterocycles. The molecule has 0 fully saturated rings. The molecule has 130 valence electrons. The van der Waals surface area contributed by atoms with Crippen molar-refractivity contribution in [3.05, 3.63) is 46.9 Å². The second kappa shape index (κ2) is 7.91. The van der Waals surface area contributed by atoms with Gasteiger partial charge in [-0.3, -0.25) is 4.79 Å². The zero-order valence-corrected chi connectivity index (χ0v) is 14.6. The number of benzene rings is 1. The highest BCUT2D eigenvalue weighted by molar-refractivity contribution is 7.07. The summed E-state index contributed by atoms with van der Waals surface area (Å²) in [6.45, 7) is 1.41. The number of carbonyl (C=O) groups excluding carboxylic acids is 1. The molecule has 7 nitrogen and oxygen atoms in total. The molecule has 0 bridgehead atoms. The molecule has 0 spiro atoms. The summed E-state index contributed by atoms with van der Waals surface area (Å²) in [5.74, 6) is 1.36. The minimum Gasteiger partial charge on any atom is -0.497 e. The van der Waals surface area contributed by atoms with Crippen molar-refractivity contribution in [1.82, 2.24) is 20.1 Å². The Morgan fingerprint density at radius 3 is 2.84 bits per heavy atom. The molecule has 8 heteroatoms. The molecule has 25 heavy (non-hydrogen) atoms. The molecule has 0 aliphatic rings. The number of Topliss-reactive ketones (excluding diaryl/α,β-unsaturated/α-hetero) is 1. The van der Waals surface area contributed by atoms with E-state index in [-0.39, 0.29) is 12.3 Å². The number of hydrogen-bond donors (Lipinski definition) is 2. The first-order valence-corrected chi connectivity index (χ1v) is 8.71. The molecule has 0 amide bonds. The van der Waals surface area contributed by atoms with Crippen molar-refractivity contribution in [2.24, 2.45) is 0 Å². The van der Waals surface area contributed by atoms with Crippen LogP contribution in [0.5, 0.6) is 5.75 Å². The van der Waals surface area contributed by atoms with Crippen LogP contribution in [0, 0.1) is 0 Å². The summed E-state index contributed by atoms with van der Waals surface area (Å²) < 4.78 is 6.88. The largest absolute Gasteiger partial charge is 0.497 e. The Kier molecular flexibility index (Phi) is 5.42. The molecule has 1 aromatic carbocycles. The van der Waals surface area contributed by atoms with E-state index >= 15 is 0 Å². The van der Waals surface area contributed by atoms with Crippen LogP contribution < -0.4 is 15.8 Å². The number of ether oxygens (including phenoxy) is 1. The van der Waals surface area contributed by atoms with E-state index < -0.39 is 0 Å². The Balaban J connectivity index is 1.54. The number of aromatic nitrogens is 3. The minimum atomic E-state index is -0.0198. The van der Waals surface area contributed by atoms with Gasteiger partial charge in [0.25, 0.3) is 0 Å². The van der Waals surface area contributed by atoms with Crippen molar-refractivity contribution in [1.29, 1.82) is 0 Å². The fourth-order valence-corrected chi connectivity index (χ4v) is 2.90. The van der Waals surface area contributed by atoms with Gasteiger partial charge in [-0.15, -0.1) is 11.3 Å². The zero-order valence-electron chi connectivity index (χ0n) is 13.8. The molecule has 3 aromatic rings. The molecule has 0 atom stereocenters. The Morgan fingerprint density at radius 1 is 1.36 bits per heavy atom. The third kappa shape index (κ3) is 4.23. The van der Waals surface area contributed by atoms with Crippen LogP contribution in [0.4, 0.5) is 5.82 Å². The van der Waals surface area contributed by atoms with Crippen LogP contribution >= 0.6 is 11.3 Å². The summed E-state index contributed by atoms with van der Waals surface area (Å²) in [6.07, 6.45) is 0. The van der Waals surface area contributed by atoms with E-state index in [2.05, 4.69) is 15.4 Å². The van der Waals surface area contributed by atoms with Gasteiger partial charge in [-0.2, -0.15) is 5.10 Å². The number of nitrogens with one attached hydrogen (secondary N) is 1. The van der Waals surface area contributed by atoms with E-state index in [1.54, 1.807) is 22.7 Å². The van der Waals surface area contributed by atoms with E-state index in [0.717, 1.165) is 17.0 Å². The normalized spacial score (nSPS) is 10.8. The van der Waals surface area contributed by atoms with Gasteiger partial charge in [0, 0.05) is 23.6 Å². The maximum Gasteiger partial charge on any atom is 0.195 e. The van der Waals surface area contributed by atoms with Gasteiger partial charge in [0.05, 0.1) is 31.4 Å². The second-order valence-electron chi connectivity index (χ2n) is 5.38. The van der Waals surface area contributed by atoms with E-state index in [1.165, 1.54) is 11.3 Å². The molecule has 0 radical (unpaired) electrons. The van der Waals surface area contributed by atoms with Crippen molar-refractivity contribution >= 4 is 22.9 Å². The third-order valence-corrected chi connectivity index (χ3v) is 4.29. The molecule has 0 aliphatic carbocycles. The lowest BCUT2D eigenvalue weighted by Crippen LogP contribution is -2.27. The highest BCUT2D eigenvalue weighted by atomic mass is 32.1. The van der Waals surface area contributed by atoms with Gasteiger partial charge < -0.3 is 15.8 Å². The average molecular weight is 357 g/mol. The summed E-state index contributed by atoms with van der Waals surface area (Å²) in [7, 11) is 1.63. The van der Waals surface area contributed by atoms with E-state index in [4.69, 9.17) is 10.5 Å². The van der Waals surface area contributed by atoms with Gasteiger partial charge in [0.1, 0.15) is 17.3 Å². The van der Waals surface area contributed by atoms with Crippen molar-refractivity contribution in [3.63, 3.8) is 0 Å². The monoisotopic (exact) mass is 357 g/mol. The Bertz CT molecular complexity index is 827. The van der Waals surface area contributed by atoms with Crippen molar-refractivity contribution in [2.45, 2.75) is 6.54 Å². The fraction of sp³-hybridized carbons (Fsp3) is 0.235. The topological polar surface area (TPSA) is 95.1 Å². The number of thiazole rings is 1. The number of methoxy groups -OCH3 is 1. The summed E-state index contributed by atoms with van der Waals surface area (Å²) in [5.41, 5.74) is 9.95. The lowest BCUT2D eigenvalue weighted by atomic mass is 10.1. The maximum atomic E-state index is 11.8. The standard InChI is InChI=1S/C17H19N5O2S/c1-24-13-4-2-12(3-5-13)14-8-17(18)22(21-14)7-6-19-9-16(23)15-10-25-11-20-15/h2-5,8,10-11,19H,6-7,9,18H2,1H3. The highest BCUT2D eigenvalue weighted by Gasteiger charge is 2.09. The molecule has 0 saturated carbocycles. The number of nitrogens with zero attached hydrogens (tertiary/aromatic N) is 3. The molecule has 2 aromatic heterocycles. The van der Waals surface area contributed by atoms with Crippen LogP contribution in [0.2, 0.25) is 0 Å². The number of rotatable bonds is 8. The number of hydrogen-bond acceptors (Lipinski definition) is 7. The number of ketones is 1. The van der Waals surface area contributed by atoms with Crippen molar-refractivity contribution in [3.8, 4) is 17.0 Å². The summed E-state index contributed by atoms with van der Waals surface area (Å²) in [6, 6.07) is 9.49. The van der Waals surface area contributed by atoms with E-state index in [1.807, 2.05) is 30.3 Å². The van der Waals surface area contributed by atoms with Crippen LogP contribution in [-0.4, -0.2) is 40.7 Å².